The second-order valence-electron chi connectivity index (χ2n) is 5.78. The molecule has 2 heterocycles. The van der Waals surface area contributed by atoms with Gasteiger partial charge in [-0.15, -0.1) is 0 Å². The average Bonchev–Trinajstić information content (AvgIpc) is 2.72. The van der Waals surface area contributed by atoms with Crippen molar-refractivity contribution in [3.63, 3.8) is 0 Å². The van der Waals surface area contributed by atoms with Crippen LogP contribution in [0.1, 0.15) is 39.0 Å². The minimum absolute atomic E-state index is 0.0379. The first-order valence-corrected chi connectivity index (χ1v) is 7.22. The zero-order chi connectivity index (χ0) is 14.3. The quantitative estimate of drug-likeness (QED) is 0.496. The lowest BCUT2D eigenvalue weighted by Crippen LogP contribution is -2.37. The molecule has 0 aromatic heterocycles. The summed E-state index contributed by atoms with van der Waals surface area (Å²) in [4.78, 5) is 36.3. The van der Waals surface area contributed by atoms with Crippen molar-refractivity contribution in [3.05, 3.63) is 11.6 Å². The molecule has 0 bridgehead atoms. The van der Waals surface area contributed by atoms with E-state index >= 15 is 0 Å². The molecule has 0 amide bonds. The molecule has 108 valence electrons. The first-order chi connectivity index (χ1) is 9.58. The number of hydrogen-bond acceptors (Lipinski definition) is 5. The van der Waals surface area contributed by atoms with Crippen molar-refractivity contribution >= 4 is 17.7 Å². The van der Waals surface area contributed by atoms with Crippen LogP contribution in [0, 0.1) is 11.8 Å². The Morgan fingerprint density at radius 1 is 1.10 bits per heavy atom. The van der Waals surface area contributed by atoms with Gasteiger partial charge >= 0.3 is 11.9 Å². The van der Waals surface area contributed by atoms with Crippen molar-refractivity contribution in [1.82, 2.24) is 0 Å². The third-order valence-corrected chi connectivity index (χ3v) is 4.37. The van der Waals surface area contributed by atoms with E-state index in [2.05, 4.69) is 0 Å². The second-order valence-corrected chi connectivity index (χ2v) is 5.78. The number of rotatable bonds is 0. The second kappa shape index (κ2) is 5.04. The summed E-state index contributed by atoms with van der Waals surface area (Å²) in [5.41, 5.74) is 0.601. The van der Waals surface area contributed by atoms with Gasteiger partial charge < -0.3 is 9.47 Å². The maximum absolute atomic E-state index is 12.2. The number of Topliss-reactive ketones (excluding diaryl/α,β-unsaturated/α-hetero) is 1. The van der Waals surface area contributed by atoms with Gasteiger partial charge in [-0.25, -0.2) is 0 Å². The molecule has 0 radical (unpaired) electrons. The van der Waals surface area contributed by atoms with Crippen molar-refractivity contribution in [2.75, 3.05) is 0 Å². The van der Waals surface area contributed by atoms with Gasteiger partial charge in [0, 0.05) is 12.3 Å². The fourth-order valence-electron chi connectivity index (χ4n) is 3.37. The lowest BCUT2D eigenvalue weighted by Gasteiger charge is -2.28. The maximum Gasteiger partial charge on any atom is 0.321 e. The Bertz CT molecular complexity index is 492. The Balaban J connectivity index is 2.00. The van der Waals surface area contributed by atoms with Gasteiger partial charge in [-0.3, -0.25) is 14.4 Å². The molecule has 2 fully saturated rings. The van der Waals surface area contributed by atoms with E-state index in [0.29, 0.717) is 18.4 Å². The van der Waals surface area contributed by atoms with E-state index in [1.807, 2.05) is 13.0 Å². The van der Waals surface area contributed by atoms with Gasteiger partial charge in [-0.2, -0.15) is 0 Å². The molecule has 0 spiro atoms. The molecular formula is C15H18O5. The highest BCUT2D eigenvalue weighted by Crippen LogP contribution is 2.42. The molecular weight excluding hydrogens is 260 g/mol. The highest BCUT2D eigenvalue weighted by molar-refractivity contribution is 6.03. The zero-order valence-corrected chi connectivity index (χ0v) is 11.5. The lowest BCUT2D eigenvalue weighted by atomic mass is 9.75. The van der Waals surface area contributed by atoms with E-state index in [0.717, 1.165) is 19.3 Å². The van der Waals surface area contributed by atoms with Gasteiger partial charge in [-0.1, -0.05) is 6.08 Å². The molecule has 1 saturated carbocycles. The third kappa shape index (κ3) is 2.15. The number of carbonyl (C=O) groups excluding carboxylic acids is 3. The van der Waals surface area contributed by atoms with E-state index in [-0.39, 0.29) is 18.0 Å². The Morgan fingerprint density at radius 3 is 2.65 bits per heavy atom. The molecule has 0 unspecified atom stereocenters. The molecule has 3 aliphatic rings. The summed E-state index contributed by atoms with van der Waals surface area (Å²) in [6.07, 6.45) is 4.61. The van der Waals surface area contributed by atoms with E-state index in [1.165, 1.54) is 0 Å². The Labute approximate surface area is 117 Å². The van der Waals surface area contributed by atoms with Crippen LogP contribution in [-0.2, 0) is 23.9 Å². The van der Waals surface area contributed by atoms with E-state index < -0.39 is 23.8 Å². The Hall–Kier alpha value is -1.65. The molecule has 1 saturated heterocycles. The van der Waals surface area contributed by atoms with Crippen LogP contribution in [0.25, 0.3) is 0 Å². The summed E-state index contributed by atoms with van der Waals surface area (Å²) in [5, 5.41) is 0. The zero-order valence-electron chi connectivity index (χ0n) is 11.5. The fraction of sp³-hybridized carbons (Fsp3) is 0.667. The molecule has 20 heavy (non-hydrogen) atoms. The van der Waals surface area contributed by atoms with Gasteiger partial charge in [0.2, 0.25) is 0 Å². The molecule has 5 nitrogen and oxygen atoms in total. The summed E-state index contributed by atoms with van der Waals surface area (Å²) in [5.74, 6) is -2.45. The van der Waals surface area contributed by atoms with E-state index in [9.17, 15) is 14.4 Å². The van der Waals surface area contributed by atoms with Crippen LogP contribution in [-0.4, -0.2) is 29.9 Å². The van der Waals surface area contributed by atoms with Crippen LogP contribution < -0.4 is 0 Å². The van der Waals surface area contributed by atoms with Gasteiger partial charge in [0.05, 0.1) is 6.10 Å². The van der Waals surface area contributed by atoms with Gasteiger partial charge in [-0.05, 0) is 38.2 Å². The standard InChI is InChI=1S/C15H18O5/c1-8-4-2-3-5-9-10(16)6-7-11-12(9)13(14(17)19-8)15(18)20-11/h5,8,11-13H,2-4,6-7H2,1H3/b9-5-/t8-,11-,12+,13-/m0/s1. The molecule has 1 aliphatic carbocycles. The normalized spacial score (nSPS) is 40.2. The van der Waals surface area contributed by atoms with Gasteiger partial charge in [0.15, 0.2) is 11.7 Å². The van der Waals surface area contributed by atoms with Gasteiger partial charge in [0.1, 0.15) is 6.10 Å². The molecule has 5 heteroatoms. The van der Waals surface area contributed by atoms with Crippen LogP contribution in [0.5, 0.6) is 0 Å². The minimum atomic E-state index is -0.962. The number of cyclic esters (lactones) is 1. The molecule has 0 N–H and O–H groups in total. The minimum Gasteiger partial charge on any atom is -0.462 e. The molecule has 4 atom stereocenters. The summed E-state index contributed by atoms with van der Waals surface area (Å²) in [7, 11) is 0. The van der Waals surface area contributed by atoms with Crippen molar-refractivity contribution in [2.45, 2.75) is 51.2 Å². The molecule has 3 rings (SSSR count). The number of hydrogen-bond donors (Lipinski definition) is 0. The predicted molar refractivity (Wildman–Crippen MR) is 68.6 cm³/mol. The number of ketones is 1. The third-order valence-electron chi connectivity index (χ3n) is 4.37. The number of allylic oxidation sites excluding steroid dienone is 1. The van der Waals surface area contributed by atoms with Crippen molar-refractivity contribution in [2.24, 2.45) is 11.8 Å². The summed E-state index contributed by atoms with van der Waals surface area (Å²) < 4.78 is 10.6. The average molecular weight is 278 g/mol. The molecule has 0 aromatic carbocycles. The van der Waals surface area contributed by atoms with Crippen LogP contribution in [0.3, 0.4) is 0 Å². The first kappa shape index (κ1) is 13.3. The monoisotopic (exact) mass is 278 g/mol. The SMILES string of the molecule is C[C@H]1CCC/C=C2/C(=O)CC[C@@H]3OC(=O)[C@H](C(=O)O1)[C@H]23. The molecule has 2 aliphatic heterocycles. The number of ether oxygens (including phenoxy) is 2. The first-order valence-electron chi connectivity index (χ1n) is 7.22. The topological polar surface area (TPSA) is 69.7 Å². The van der Waals surface area contributed by atoms with E-state index in [1.54, 1.807) is 0 Å². The summed E-state index contributed by atoms with van der Waals surface area (Å²) in [6.45, 7) is 1.83. The summed E-state index contributed by atoms with van der Waals surface area (Å²) >= 11 is 0. The highest BCUT2D eigenvalue weighted by atomic mass is 16.6. The smallest absolute Gasteiger partial charge is 0.321 e. The lowest BCUT2D eigenvalue weighted by molar-refractivity contribution is -0.160. The summed E-state index contributed by atoms with van der Waals surface area (Å²) in [6, 6.07) is 0. The maximum atomic E-state index is 12.2. The Morgan fingerprint density at radius 2 is 1.85 bits per heavy atom. The predicted octanol–water partition coefficient (Wildman–Crippen LogP) is 1.55. The van der Waals surface area contributed by atoms with Crippen molar-refractivity contribution in [3.8, 4) is 0 Å². The number of carbonyl (C=O) groups is 3. The van der Waals surface area contributed by atoms with Gasteiger partial charge in [0.25, 0.3) is 0 Å². The van der Waals surface area contributed by atoms with Crippen molar-refractivity contribution < 1.29 is 23.9 Å². The Kier molecular flexibility index (Phi) is 3.36. The van der Waals surface area contributed by atoms with Crippen LogP contribution in [0.4, 0.5) is 0 Å². The largest absolute Gasteiger partial charge is 0.462 e. The van der Waals surface area contributed by atoms with Crippen LogP contribution in [0.15, 0.2) is 11.6 Å². The highest BCUT2D eigenvalue weighted by Gasteiger charge is 2.54. The van der Waals surface area contributed by atoms with Crippen LogP contribution >= 0.6 is 0 Å². The fourth-order valence-corrected chi connectivity index (χ4v) is 3.37. The van der Waals surface area contributed by atoms with Crippen LogP contribution in [0.2, 0.25) is 0 Å². The van der Waals surface area contributed by atoms with E-state index in [4.69, 9.17) is 9.47 Å². The van der Waals surface area contributed by atoms with Crippen molar-refractivity contribution in [1.29, 1.82) is 0 Å². The molecule has 0 aromatic rings. The number of esters is 2.